The number of hydrogen-bond donors (Lipinski definition) is 2. The number of ether oxygens (including phenoxy) is 2. The predicted octanol–water partition coefficient (Wildman–Crippen LogP) is 1.72. The molecule has 1 aliphatic carbocycles. The smallest absolute Gasteiger partial charge is 0.191 e. The molecule has 6 heteroatoms. The number of methoxy groups -OCH3 is 1. The second-order valence-corrected chi connectivity index (χ2v) is 7.07. The zero-order valence-corrected chi connectivity index (χ0v) is 16.4. The number of guanidine groups is 1. The van der Waals surface area contributed by atoms with Crippen LogP contribution in [0.1, 0.15) is 39.0 Å². The van der Waals surface area contributed by atoms with Gasteiger partial charge < -0.3 is 25.0 Å². The van der Waals surface area contributed by atoms with Gasteiger partial charge in [-0.15, -0.1) is 0 Å². The maximum absolute atomic E-state index is 5.83. The van der Waals surface area contributed by atoms with Crippen LogP contribution < -0.4 is 10.6 Å². The SMILES string of the molecule is CCOC(CCN(C)C)CNC(=NC)NCC1(CCOC)CCC1. The Bertz CT molecular complexity index is 357. The van der Waals surface area contributed by atoms with Crippen molar-refractivity contribution in [2.24, 2.45) is 10.4 Å². The maximum atomic E-state index is 5.83. The monoisotopic (exact) mass is 342 g/mol. The zero-order valence-electron chi connectivity index (χ0n) is 16.4. The van der Waals surface area contributed by atoms with E-state index in [-0.39, 0.29) is 6.10 Å². The molecule has 0 aliphatic heterocycles. The molecule has 0 spiro atoms. The summed E-state index contributed by atoms with van der Waals surface area (Å²) in [6.07, 6.45) is 6.24. The summed E-state index contributed by atoms with van der Waals surface area (Å²) in [4.78, 5) is 6.54. The normalized spacial score (nSPS) is 18.3. The molecular weight excluding hydrogens is 304 g/mol. The summed E-state index contributed by atoms with van der Waals surface area (Å²) < 4.78 is 11.1. The highest BCUT2D eigenvalue weighted by Crippen LogP contribution is 2.43. The van der Waals surface area contributed by atoms with Crippen LogP contribution in [0, 0.1) is 5.41 Å². The van der Waals surface area contributed by atoms with Crippen LogP contribution in [-0.4, -0.2) is 78.1 Å². The third kappa shape index (κ3) is 7.81. The van der Waals surface area contributed by atoms with E-state index in [1.807, 2.05) is 14.0 Å². The molecule has 1 fully saturated rings. The van der Waals surface area contributed by atoms with Crippen LogP contribution in [0.4, 0.5) is 0 Å². The fraction of sp³-hybridized carbons (Fsp3) is 0.944. The number of rotatable bonds is 12. The Hall–Kier alpha value is -0.850. The average Bonchev–Trinajstić information content (AvgIpc) is 2.53. The molecule has 0 amide bonds. The van der Waals surface area contributed by atoms with E-state index in [9.17, 15) is 0 Å². The first-order valence-electron chi connectivity index (χ1n) is 9.25. The maximum Gasteiger partial charge on any atom is 0.191 e. The molecule has 0 saturated heterocycles. The van der Waals surface area contributed by atoms with Crippen LogP contribution in [0.15, 0.2) is 4.99 Å². The van der Waals surface area contributed by atoms with Gasteiger partial charge in [0.05, 0.1) is 6.10 Å². The van der Waals surface area contributed by atoms with E-state index in [0.717, 1.165) is 51.6 Å². The van der Waals surface area contributed by atoms with Gasteiger partial charge in [0.2, 0.25) is 0 Å². The Balaban J connectivity index is 2.37. The second kappa shape index (κ2) is 11.7. The molecule has 0 aromatic carbocycles. The lowest BCUT2D eigenvalue weighted by molar-refractivity contribution is 0.0544. The first kappa shape index (κ1) is 21.2. The van der Waals surface area contributed by atoms with E-state index in [0.29, 0.717) is 5.41 Å². The van der Waals surface area contributed by atoms with Crippen LogP contribution in [0.25, 0.3) is 0 Å². The van der Waals surface area contributed by atoms with Gasteiger partial charge in [-0.25, -0.2) is 0 Å². The second-order valence-electron chi connectivity index (χ2n) is 7.07. The van der Waals surface area contributed by atoms with Gasteiger partial charge >= 0.3 is 0 Å². The van der Waals surface area contributed by atoms with Gasteiger partial charge in [-0.3, -0.25) is 4.99 Å². The van der Waals surface area contributed by atoms with Crippen molar-refractivity contribution in [1.82, 2.24) is 15.5 Å². The van der Waals surface area contributed by atoms with E-state index >= 15 is 0 Å². The predicted molar refractivity (Wildman–Crippen MR) is 101 cm³/mol. The van der Waals surface area contributed by atoms with E-state index in [1.165, 1.54) is 19.3 Å². The summed E-state index contributed by atoms with van der Waals surface area (Å²) in [5, 5.41) is 6.92. The fourth-order valence-corrected chi connectivity index (χ4v) is 3.10. The largest absolute Gasteiger partial charge is 0.385 e. The van der Waals surface area contributed by atoms with Gasteiger partial charge in [0.15, 0.2) is 5.96 Å². The Kier molecular flexibility index (Phi) is 10.3. The summed E-state index contributed by atoms with van der Waals surface area (Å²) in [6, 6.07) is 0. The minimum atomic E-state index is 0.210. The van der Waals surface area contributed by atoms with Crippen LogP contribution in [0.2, 0.25) is 0 Å². The molecule has 0 aromatic heterocycles. The van der Waals surface area contributed by atoms with Crippen LogP contribution in [-0.2, 0) is 9.47 Å². The van der Waals surface area contributed by atoms with E-state index < -0.39 is 0 Å². The lowest BCUT2D eigenvalue weighted by Gasteiger charge is -2.42. The summed E-state index contributed by atoms with van der Waals surface area (Å²) in [6.45, 7) is 6.40. The molecule has 24 heavy (non-hydrogen) atoms. The fourth-order valence-electron chi connectivity index (χ4n) is 3.10. The van der Waals surface area contributed by atoms with Gasteiger partial charge in [0.25, 0.3) is 0 Å². The zero-order chi connectivity index (χ0) is 17.8. The molecule has 2 N–H and O–H groups in total. The molecular formula is C18H38N4O2. The van der Waals surface area contributed by atoms with Crippen LogP contribution in [0.3, 0.4) is 0 Å². The topological polar surface area (TPSA) is 58.1 Å². The minimum Gasteiger partial charge on any atom is -0.385 e. The molecule has 0 bridgehead atoms. The Morgan fingerprint density at radius 2 is 2.04 bits per heavy atom. The van der Waals surface area contributed by atoms with E-state index in [4.69, 9.17) is 9.47 Å². The number of nitrogens with one attached hydrogen (secondary N) is 2. The minimum absolute atomic E-state index is 0.210. The Labute approximate surface area is 148 Å². The molecule has 1 aliphatic rings. The summed E-state index contributed by atoms with van der Waals surface area (Å²) >= 11 is 0. The average molecular weight is 343 g/mol. The van der Waals surface area contributed by atoms with Gasteiger partial charge in [-0.2, -0.15) is 0 Å². The molecule has 1 rings (SSSR count). The highest BCUT2D eigenvalue weighted by Gasteiger charge is 2.36. The lowest BCUT2D eigenvalue weighted by Crippen LogP contribution is -2.48. The third-order valence-electron chi connectivity index (χ3n) is 4.90. The highest BCUT2D eigenvalue weighted by molar-refractivity contribution is 5.79. The summed E-state index contributed by atoms with van der Waals surface area (Å²) in [5.74, 6) is 0.869. The molecule has 1 unspecified atom stereocenters. The molecule has 0 radical (unpaired) electrons. The Morgan fingerprint density at radius 1 is 1.29 bits per heavy atom. The van der Waals surface area contributed by atoms with E-state index in [1.54, 1.807) is 7.11 Å². The van der Waals surface area contributed by atoms with Crippen molar-refractivity contribution >= 4 is 5.96 Å². The Morgan fingerprint density at radius 3 is 2.54 bits per heavy atom. The third-order valence-corrected chi connectivity index (χ3v) is 4.90. The molecule has 6 nitrogen and oxygen atoms in total. The van der Waals surface area contributed by atoms with Gasteiger partial charge in [0.1, 0.15) is 0 Å². The summed E-state index contributed by atoms with van der Waals surface area (Å²) in [5.41, 5.74) is 0.387. The van der Waals surface area contributed by atoms with Crippen molar-refractivity contribution in [2.45, 2.75) is 45.1 Å². The molecule has 0 aromatic rings. The van der Waals surface area contributed by atoms with E-state index in [2.05, 4.69) is 34.6 Å². The van der Waals surface area contributed by atoms with Crippen molar-refractivity contribution in [3.63, 3.8) is 0 Å². The first-order valence-corrected chi connectivity index (χ1v) is 9.25. The standard InChI is InChI=1S/C18H38N4O2/c1-6-24-16(8-12-22(3)4)14-20-17(19-2)21-15-18(9-7-10-18)11-13-23-5/h16H,6-15H2,1-5H3,(H2,19,20,21). The van der Waals surface area contributed by atoms with Crippen molar-refractivity contribution in [1.29, 1.82) is 0 Å². The van der Waals surface area contributed by atoms with Gasteiger partial charge in [-0.05, 0) is 52.1 Å². The molecule has 142 valence electrons. The van der Waals surface area contributed by atoms with Crippen molar-refractivity contribution in [3.8, 4) is 0 Å². The van der Waals surface area contributed by atoms with Crippen LogP contribution in [0.5, 0.6) is 0 Å². The molecule has 0 heterocycles. The van der Waals surface area contributed by atoms with Crippen molar-refractivity contribution in [2.75, 3.05) is 61.1 Å². The number of aliphatic imine (C=N–C) groups is 1. The quantitative estimate of drug-likeness (QED) is 0.418. The first-order chi connectivity index (χ1) is 11.5. The lowest BCUT2D eigenvalue weighted by atomic mass is 9.67. The molecule has 1 saturated carbocycles. The highest BCUT2D eigenvalue weighted by atomic mass is 16.5. The number of nitrogens with zero attached hydrogens (tertiary/aromatic N) is 2. The van der Waals surface area contributed by atoms with Crippen molar-refractivity contribution < 1.29 is 9.47 Å². The molecule has 1 atom stereocenters. The van der Waals surface area contributed by atoms with Gasteiger partial charge in [0, 0.05) is 47.0 Å². The number of hydrogen-bond acceptors (Lipinski definition) is 4. The van der Waals surface area contributed by atoms with Crippen LogP contribution >= 0.6 is 0 Å². The van der Waals surface area contributed by atoms with Gasteiger partial charge in [-0.1, -0.05) is 6.42 Å². The summed E-state index contributed by atoms with van der Waals surface area (Å²) in [7, 11) is 7.79. The van der Waals surface area contributed by atoms with Crippen molar-refractivity contribution in [3.05, 3.63) is 0 Å².